The molecule has 6 nitrogen and oxygen atoms in total. The van der Waals surface area contributed by atoms with Crippen LogP contribution in [0.1, 0.15) is 45.6 Å². The molecular formula is C21H20N2O4S. The molecule has 0 radical (unpaired) electrons. The summed E-state index contributed by atoms with van der Waals surface area (Å²) >= 11 is 1.25. The highest BCUT2D eigenvalue weighted by Crippen LogP contribution is 2.20. The fourth-order valence-electron chi connectivity index (χ4n) is 2.51. The lowest BCUT2D eigenvalue weighted by Crippen LogP contribution is -2.34. The molecule has 0 unspecified atom stereocenters. The molecule has 2 N–H and O–H groups in total. The molecular weight excluding hydrogens is 376 g/mol. The summed E-state index contributed by atoms with van der Waals surface area (Å²) in [4.78, 5) is 37.5. The lowest BCUT2D eigenvalue weighted by atomic mass is 10.0. The maximum atomic E-state index is 12.2. The lowest BCUT2D eigenvalue weighted by molar-refractivity contribution is -0.136. The Balaban J connectivity index is 1.52. The molecule has 0 aliphatic rings. The molecule has 1 aromatic carbocycles. The smallest absolute Gasteiger partial charge is 0.313 e. The van der Waals surface area contributed by atoms with Gasteiger partial charge in [0.15, 0.2) is 5.76 Å². The summed E-state index contributed by atoms with van der Waals surface area (Å²) in [6, 6.07) is 14.0. The highest BCUT2D eigenvalue weighted by atomic mass is 32.1. The normalized spacial score (nSPS) is 10.7. The fraction of sp³-hybridized carbons (Fsp3) is 0.190. The topological polar surface area (TPSA) is 88.4 Å². The predicted molar refractivity (Wildman–Crippen MR) is 107 cm³/mol. The first-order valence-corrected chi connectivity index (χ1v) is 9.61. The standard InChI is InChI=1S/C21H20N2O4S/c1-13(2)14-5-7-15(8-6-14)23-21(26)20(25)22-12-16-9-10-18(28-16)19(24)17-4-3-11-27-17/h3-11,13H,12H2,1-2H3,(H,22,25)(H,23,26). The van der Waals surface area contributed by atoms with E-state index < -0.39 is 11.8 Å². The van der Waals surface area contributed by atoms with Crippen LogP contribution in [0.3, 0.4) is 0 Å². The molecule has 2 amide bonds. The Morgan fingerprint density at radius 3 is 2.39 bits per heavy atom. The first-order valence-electron chi connectivity index (χ1n) is 8.80. The van der Waals surface area contributed by atoms with Gasteiger partial charge < -0.3 is 15.1 Å². The number of hydrogen-bond donors (Lipinski definition) is 2. The fourth-order valence-corrected chi connectivity index (χ4v) is 3.40. The Morgan fingerprint density at radius 2 is 1.75 bits per heavy atom. The Kier molecular flexibility index (Phi) is 6.06. The predicted octanol–water partition coefficient (Wildman–Crippen LogP) is 3.95. The van der Waals surface area contributed by atoms with Gasteiger partial charge in [-0.2, -0.15) is 0 Å². The van der Waals surface area contributed by atoms with E-state index in [1.807, 2.05) is 12.1 Å². The molecule has 0 aliphatic carbocycles. The zero-order valence-corrected chi connectivity index (χ0v) is 16.3. The van der Waals surface area contributed by atoms with Crippen LogP contribution in [-0.2, 0) is 16.1 Å². The largest absolute Gasteiger partial charge is 0.461 e. The van der Waals surface area contributed by atoms with Gasteiger partial charge in [0.1, 0.15) is 0 Å². The van der Waals surface area contributed by atoms with Crippen molar-refractivity contribution in [1.29, 1.82) is 0 Å². The van der Waals surface area contributed by atoms with Gasteiger partial charge in [0.2, 0.25) is 5.78 Å². The molecule has 2 heterocycles. The van der Waals surface area contributed by atoms with Crippen molar-refractivity contribution < 1.29 is 18.8 Å². The van der Waals surface area contributed by atoms with E-state index in [4.69, 9.17) is 4.42 Å². The van der Waals surface area contributed by atoms with E-state index in [2.05, 4.69) is 24.5 Å². The van der Waals surface area contributed by atoms with Gasteiger partial charge >= 0.3 is 11.8 Å². The average molecular weight is 396 g/mol. The Hall–Kier alpha value is -3.19. The van der Waals surface area contributed by atoms with Gasteiger partial charge in [-0.05, 0) is 47.9 Å². The zero-order valence-electron chi connectivity index (χ0n) is 15.5. The van der Waals surface area contributed by atoms with Crippen molar-refractivity contribution in [3.05, 3.63) is 75.9 Å². The van der Waals surface area contributed by atoms with E-state index in [9.17, 15) is 14.4 Å². The molecule has 144 valence electrons. The van der Waals surface area contributed by atoms with Crippen LogP contribution in [0.25, 0.3) is 0 Å². The maximum absolute atomic E-state index is 12.2. The second kappa shape index (κ2) is 8.67. The van der Waals surface area contributed by atoms with Crippen LogP contribution in [0, 0.1) is 0 Å². The molecule has 0 bridgehead atoms. The van der Waals surface area contributed by atoms with Crippen molar-refractivity contribution in [2.24, 2.45) is 0 Å². The van der Waals surface area contributed by atoms with Crippen LogP contribution < -0.4 is 10.6 Å². The molecule has 2 aromatic heterocycles. The summed E-state index contributed by atoms with van der Waals surface area (Å²) in [5.74, 6) is -1.03. The van der Waals surface area contributed by atoms with E-state index in [1.54, 1.807) is 36.4 Å². The number of hydrogen-bond acceptors (Lipinski definition) is 5. The summed E-state index contributed by atoms with van der Waals surface area (Å²) in [7, 11) is 0. The number of ketones is 1. The summed E-state index contributed by atoms with van der Waals surface area (Å²) < 4.78 is 5.10. The van der Waals surface area contributed by atoms with Crippen molar-refractivity contribution >= 4 is 34.6 Å². The highest BCUT2D eigenvalue weighted by Gasteiger charge is 2.16. The molecule has 0 spiro atoms. The molecule has 3 aromatic rings. The number of carbonyl (C=O) groups is 3. The second-order valence-corrected chi connectivity index (χ2v) is 7.65. The third kappa shape index (κ3) is 4.75. The number of anilines is 1. The van der Waals surface area contributed by atoms with Crippen molar-refractivity contribution in [2.75, 3.05) is 5.32 Å². The summed E-state index contributed by atoms with van der Waals surface area (Å²) in [6.07, 6.45) is 1.44. The van der Waals surface area contributed by atoms with Crippen LogP contribution in [0.15, 0.2) is 59.2 Å². The highest BCUT2D eigenvalue weighted by molar-refractivity contribution is 7.14. The van der Waals surface area contributed by atoms with Gasteiger partial charge in [0, 0.05) is 10.6 Å². The van der Waals surface area contributed by atoms with E-state index in [1.165, 1.54) is 17.6 Å². The van der Waals surface area contributed by atoms with Crippen LogP contribution in [0.5, 0.6) is 0 Å². The number of carbonyl (C=O) groups excluding carboxylic acids is 3. The number of nitrogens with one attached hydrogen (secondary N) is 2. The minimum absolute atomic E-state index is 0.161. The Labute approximate surface area is 166 Å². The molecule has 28 heavy (non-hydrogen) atoms. The van der Waals surface area contributed by atoms with Crippen molar-refractivity contribution in [3.8, 4) is 0 Å². The molecule has 0 fully saturated rings. The quantitative estimate of drug-likeness (QED) is 0.488. The number of rotatable bonds is 6. The SMILES string of the molecule is CC(C)c1ccc(NC(=O)C(=O)NCc2ccc(C(=O)c3ccco3)s2)cc1. The van der Waals surface area contributed by atoms with Crippen molar-refractivity contribution in [1.82, 2.24) is 5.32 Å². The van der Waals surface area contributed by atoms with E-state index in [-0.39, 0.29) is 18.1 Å². The van der Waals surface area contributed by atoms with Gasteiger partial charge in [-0.15, -0.1) is 11.3 Å². The third-order valence-corrected chi connectivity index (χ3v) is 5.18. The lowest BCUT2D eigenvalue weighted by Gasteiger charge is -2.08. The second-order valence-electron chi connectivity index (χ2n) is 6.49. The van der Waals surface area contributed by atoms with Gasteiger partial charge in [-0.3, -0.25) is 14.4 Å². The molecule has 7 heteroatoms. The third-order valence-electron chi connectivity index (χ3n) is 4.10. The number of furan rings is 1. The van der Waals surface area contributed by atoms with Gasteiger partial charge in [-0.1, -0.05) is 26.0 Å². The first-order chi connectivity index (χ1) is 13.4. The van der Waals surface area contributed by atoms with Gasteiger partial charge in [-0.25, -0.2) is 0 Å². The monoisotopic (exact) mass is 396 g/mol. The van der Waals surface area contributed by atoms with Crippen LogP contribution in [0.2, 0.25) is 0 Å². The van der Waals surface area contributed by atoms with Crippen LogP contribution in [-0.4, -0.2) is 17.6 Å². The Bertz CT molecular complexity index is 972. The Morgan fingerprint density at radius 1 is 1.00 bits per heavy atom. The van der Waals surface area contributed by atoms with Gasteiger partial charge in [0.05, 0.1) is 17.7 Å². The molecule has 0 saturated heterocycles. The average Bonchev–Trinajstić information content (AvgIpc) is 3.38. The number of amides is 2. The number of thiophene rings is 1. The van der Waals surface area contributed by atoms with E-state index >= 15 is 0 Å². The zero-order chi connectivity index (χ0) is 20.1. The summed E-state index contributed by atoms with van der Waals surface area (Å²) in [5, 5.41) is 5.13. The minimum atomic E-state index is -0.736. The summed E-state index contributed by atoms with van der Waals surface area (Å²) in [6.45, 7) is 4.33. The molecule has 3 rings (SSSR count). The molecule has 0 saturated carbocycles. The minimum Gasteiger partial charge on any atom is -0.461 e. The molecule has 0 atom stereocenters. The van der Waals surface area contributed by atoms with Crippen molar-refractivity contribution in [3.63, 3.8) is 0 Å². The van der Waals surface area contributed by atoms with E-state index in [0.717, 1.165) is 10.4 Å². The number of benzene rings is 1. The maximum Gasteiger partial charge on any atom is 0.313 e. The van der Waals surface area contributed by atoms with Gasteiger partial charge in [0.25, 0.3) is 0 Å². The van der Waals surface area contributed by atoms with Crippen molar-refractivity contribution in [2.45, 2.75) is 26.3 Å². The van der Waals surface area contributed by atoms with Crippen LogP contribution in [0.4, 0.5) is 5.69 Å². The van der Waals surface area contributed by atoms with E-state index in [0.29, 0.717) is 16.5 Å². The first kappa shape index (κ1) is 19.6. The van der Waals surface area contributed by atoms with Crippen LogP contribution >= 0.6 is 11.3 Å². The molecule has 0 aliphatic heterocycles. The summed E-state index contributed by atoms with van der Waals surface area (Å²) in [5.41, 5.74) is 1.71.